The first-order valence-electron chi connectivity index (χ1n) is 10.9. The van der Waals surface area contributed by atoms with Crippen LogP contribution in [0.3, 0.4) is 0 Å². The minimum Gasteiger partial charge on any atom is -0.468 e. The van der Waals surface area contributed by atoms with Gasteiger partial charge in [0.25, 0.3) is 0 Å². The molecular formula is C24H25N5O5. The van der Waals surface area contributed by atoms with Crippen LogP contribution in [-0.2, 0) is 20.8 Å². The molecule has 176 valence electrons. The molecule has 0 radical (unpaired) electrons. The van der Waals surface area contributed by atoms with Crippen molar-refractivity contribution in [3.05, 3.63) is 48.4 Å². The first-order chi connectivity index (χ1) is 16.7. The standard InChI is InChI=1S/C24H25N5O5/c1-30-14-19-12-20(28-34-19)17-11-21-22(25-13-17)24(29-6-8-32-9-7-29)27-23(26-21)16-4-3-5-18(10-16)33-15-31-2/h3-5,10-13H,6-9,14-15H2,1-2H3. The van der Waals surface area contributed by atoms with Crippen LogP contribution in [0.2, 0.25) is 0 Å². The molecule has 1 aliphatic rings. The van der Waals surface area contributed by atoms with Crippen molar-refractivity contribution < 1.29 is 23.5 Å². The predicted molar refractivity (Wildman–Crippen MR) is 125 cm³/mol. The van der Waals surface area contributed by atoms with Gasteiger partial charge in [-0.3, -0.25) is 0 Å². The zero-order valence-electron chi connectivity index (χ0n) is 19.1. The molecule has 1 aromatic carbocycles. The minimum atomic E-state index is 0.164. The highest BCUT2D eigenvalue weighted by Crippen LogP contribution is 2.31. The molecule has 1 aliphatic heterocycles. The van der Waals surface area contributed by atoms with E-state index in [4.69, 9.17) is 38.4 Å². The Morgan fingerprint density at radius 1 is 1.00 bits per heavy atom. The Balaban J connectivity index is 1.60. The van der Waals surface area contributed by atoms with Crippen molar-refractivity contribution in [2.75, 3.05) is 52.2 Å². The van der Waals surface area contributed by atoms with Crippen LogP contribution in [0.1, 0.15) is 5.76 Å². The summed E-state index contributed by atoms with van der Waals surface area (Å²) in [7, 11) is 3.20. The molecule has 4 heterocycles. The Morgan fingerprint density at radius 3 is 2.71 bits per heavy atom. The average molecular weight is 463 g/mol. The van der Waals surface area contributed by atoms with Gasteiger partial charge < -0.3 is 28.4 Å². The molecule has 4 aromatic rings. The number of methoxy groups -OCH3 is 2. The molecule has 1 fully saturated rings. The van der Waals surface area contributed by atoms with Crippen molar-refractivity contribution in [3.8, 4) is 28.4 Å². The Kier molecular flexibility index (Phi) is 6.61. The van der Waals surface area contributed by atoms with Crippen molar-refractivity contribution in [2.45, 2.75) is 6.61 Å². The number of benzene rings is 1. The number of aromatic nitrogens is 4. The molecule has 3 aromatic heterocycles. The predicted octanol–water partition coefficient (Wildman–Crippen LogP) is 3.31. The van der Waals surface area contributed by atoms with Gasteiger partial charge in [-0.05, 0) is 18.2 Å². The molecule has 0 spiro atoms. The highest BCUT2D eigenvalue weighted by atomic mass is 16.7. The molecule has 1 saturated heterocycles. The van der Waals surface area contributed by atoms with Crippen molar-refractivity contribution in [1.29, 1.82) is 0 Å². The SMILES string of the molecule is COCOc1cccc(-c2nc(N3CCOCC3)c3ncc(-c4cc(COC)on4)cc3n2)c1. The van der Waals surface area contributed by atoms with E-state index in [1.807, 2.05) is 36.4 Å². The first kappa shape index (κ1) is 22.2. The number of hydrogen-bond donors (Lipinski definition) is 0. The van der Waals surface area contributed by atoms with E-state index in [1.54, 1.807) is 20.4 Å². The van der Waals surface area contributed by atoms with Gasteiger partial charge in [-0.15, -0.1) is 0 Å². The van der Waals surface area contributed by atoms with Crippen LogP contribution in [0.5, 0.6) is 5.75 Å². The third kappa shape index (κ3) is 4.69. The van der Waals surface area contributed by atoms with Crippen molar-refractivity contribution in [2.24, 2.45) is 0 Å². The number of anilines is 1. The fraction of sp³-hybridized carbons (Fsp3) is 0.333. The van der Waals surface area contributed by atoms with E-state index in [0.29, 0.717) is 48.4 Å². The zero-order chi connectivity index (χ0) is 23.3. The second kappa shape index (κ2) is 10.1. The maximum absolute atomic E-state index is 5.60. The number of nitrogens with zero attached hydrogens (tertiary/aromatic N) is 5. The van der Waals surface area contributed by atoms with Crippen LogP contribution >= 0.6 is 0 Å². The normalized spacial score (nSPS) is 14.0. The van der Waals surface area contributed by atoms with E-state index in [9.17, 15) is 0 Å². The molecule has 0 aliphatic carbocycles. The van der Waals surface area contributed by atoms with E-state index in [0.717, 1.165) is 35.6 Å². The number of pyridine rings is 1. The molecule has 34 heavy (non-hydrogen) atoms. The number of ether oxygens (including phenoxy) is 4. The van der Waals surface area contributed by atoms with Crippen molar-refractivity contribution >= 4 is 16.9 Å². The third-order valence-electron chi connectivity index (χ3n) is 5.41. The van der Waals surface area contributed by atoms with E-state index in [-0.39, 0.29) is 6.79 Å². The van der Waals surface area contributed by atoms with Crippen molar-refractivity contribution in [1.82, 2.24) is 20.1 Å². The van der Waals surface area contributed by atoms with Crippen LogP contribution < -0.4 is 9.64 Å². The molecule has 0 saturated carbocycles. The number of hydrogen-bond acceptors (Lipinski definition) is 10. The largest absolute Gasteiger partial charge is 0.468 e. The van der Waals surface area contributed by atoms with Gasteiger partial charge in [0.15, 0.2) is 24.2 Å². The molecule has 0 amide bonds. The molecule has 0 unspecified atom stereocenters. The van der Waals surface area contributed by atoms with Gasteiger partial charge in [0.05, 0.1) is 18.7 Å². The van der Waals surface area contributed by atoms with Crippen molar-refractivity contribution in [3.63, 3.8) is 0 Å². The third-order valence-corrected chi connectivity index (χ3v) is 5.41. The van der Waals surface area contributed by atoms with E-state index >= 15 is 0 Å². The lowest BCUT2D eigenvalue weighted by atomic mass is 10.1. The number of fused-ring (bicyclic) bond motifs is 1. The van der Waals surface area contributed by atoms with E-state index < -0.39 is 0 Å². The number of rotatable bonds is 8. The van der Waals surface area contributed by atoms with Gasteiger partial charge in [0.2, 0.25) is 0 Å². The molecular weight excluding hydrogens is 438 g/mol. The van der Waals surface area contributed by atoms with Gasteiger partial charge in [0, 0.05) is 50.7 Å². The second-order valence-corrected chi connectivity index (χ2v) is 7.75. The summed E-state index contributed by atoms with van der Waals surface area (Å²) in [5, 5.41) is 4.15. The lowest BCUT2D eigenvalue weighted by molar-refractivity contribution is 0.0511. The summed E-state index contributed by atoms with van der Waals surface area (Å²) in [5.41, 5.74) is 3.74. The van der Waals surface area contributed by atoms with Crippen LogP contribution in [-0.4, -0.2) is 67.4 Å². The molecule has 5 rings (SSSR count). The topological polar surface area (TPSA) is 105 Å². The van der Waals surface area contributed by atoms with Gasteiger partial charge in [-0.1, -0.05) is 17.3 Å². The molecule has 0 atom stereocenters. The Labute approximate surface area is 196 Å². The Morgan fingerprint density at radius 2 is 1.88 bits per heavy atom. The van der Waals surface area contributed by atoms with E-state index in [2.05, 4.69) is 10.1 Å². The van der Waals surface area contributed by atoms with Gasteiger partial charge >= 0.3 is 0 Å². The summed E-state index contributed by atoms with van der Waals surface area (Å²) < 4.78 is 26.6. The molecule has 10 nitrogen and oxygen atoms in total. The van der Waals surface area contributed by atoms with Crippen LogP contribution in [0, 0.1) is 0 Å². The summed E-state index contributed by atoms with van der Waals surface area (Å²) >= 11 is 0. The minimum absolute atomic E-state index is 0.164. The Bertz CT molecular complexity index is 1270. The summed E-state index contributed by atoms with van der Waals surface area (Å²) in [4.78, 5) is 16.7. The van der Waals surface area contributed by atoms with Crippen LogP contribution in [0.4, 0.5) is 5.82 Å². The summed E-state index contributed by atoms with van der Waals surface area (Å²) in [5.74, 6) is 2.67. The fourth-order valence-electron chi connectivity index (χ4n) is 3.78. The zero-order valence-corrected chi connectivity index (χ0v) is 19.1. The maximum Gasteiger partial charge on any atom is 0.188 e. The molecule has 0 bridgehead atoms. The summed E-state index contributed by atoms with van der Waals surface area (Å²) in [6, 6.07) is 11.4. The van der Waals surface area contributed by atoms with E-state index in [1.165, 1.54) is 0 Å². The second-order valence-electron chi connectivity index (χ2n) is 7.75. The number of morpholine rings is 1. The van der Waals surface area contributed by atoms with Crippen LogP contribution in [0.15, 0.2) is 47.1 Å². The maximum atomic E-state index is 5.60. The fourth-order valence-corrected chi connectivity index (χ4v) is 3.78. The molecule has 0 N–H and O–H groups in total. The van der Waals surface area contributed by atoms with Gasteiger partial charge in [-0.2, -0.15) is 0 Å². The lowest BCUT2D eigenvalue weighted by Crippen LogP contribution is -2.37. The smallest absolute Gasteiger partial charge is 0.188 e. The average Bonchev–Trinajstić information content (AvgIpc) is 3.36. The van der Waals surface area contributed by atoms with Crippen LogP contribution in [0.25, 0.3) is 33.7 Å². The van der Waals surface area contributed by atoms with Gasteiger partial charge in [-0.25, -0.2) is 15.0 Å². The quantitative estimate of drug-likeness (QED) is 0.361. The summed E-state index contributed by atoms with van der Waals surface area (Å²) in [6.45, 7) is 3.26. The lowest BCUT2D eigenvalue weighted by Gasteiger charge is -2.28. The summed E-state index contributed by atoms with van der Waals surface area (Å²) in [6.07, 6.45) is 1.77. The monoisotopic (exact) mass is 463 g/mol. The molecule has 10 heteroatoms. The highest BCUT2D eigenvalue weighted by molar-refractivity contribution is 5.90. The Hall–Kier alpha value is -3.60. The first-order valence-corrected chi connectivity index (χ1v) is 10.9. The van der Waals surface area contributed by atoms with Gasteiger partial charge in [0.1, 0.15) is 23.6 Å². The highest BCUT2D eigenvalue weighted by Gasteiger charge is 2.20.